The summed E-state index contributed by atoms with van der Waals surface area (Å²) < 4.78 is 32.1. The number of carbonyl (C=O) groups is 1. The summed E-state index contributed by atoms with van der Waals surface area (Å²) in [6.45, 7) is -0.386. The van der Waals surface area contributed by atoms with E-state index in [-0.39, 0.29) is 22.2 Å². The van der Waals surface area contributed by atoms with Gasteiger partial charge >= 0.3 is 0 Å². The van der Waals surface area contributed by atoms with Gasteiger partial charge in [-0.25, -0.2) is 13.1 Å². The van der Waals surface area contributed by atoms with E-state index in [1.54, 1.807) is 31.3 Å². The summed E-state index contributed by atoms with van der Waals surface area (Å²) >= 11 is 5.85. The predicted molar refractivity (Wildman–Crippen MR) is 93.0 cm³/mol. The molecule has 1 N–H and O–H groups in total. The Hall–Kier alpha value is -2.09. The molecule has 1 amide bonds. The molecule has 24 heavy (non-hydrogen) atoms. The Balaban J connectivity index is 2.13. The fourth-order valence-corrected chi connectivity index (χ4v) is 3.41. The van der Waals surface area contributed by atoms with Crippen molar-refractivity contribution in [2.24, 2.45) is 0 Å². The molecule has 2 aromatic rings. The highest BCUT2D eigenvalue weighted by molar-refractivity contribution is 7.89. The highest BCUT2D eigenvalue weighted by atomic mass is 35.5. The van der Waals surface area contributed by atoms with E-state index >= 15 is 0 Å². The zero-order valence-corrected chi connectivity index (χ0v) is 14.8. The number of hydrogen-bond acceptors (Lipinski definition) is 4. The number of amides is 1. The van der Waals surface area contributed by atoms with Gasteiger partial charge in [0.25, 0.3) is 0 Å². The van der Waals surface area contributed by atoms with Crippen LogP contribution in [0.15, 0.2) is 53.4 Å². The van der Waals surface area contributed by atoms with E-state index < -0.39 is 15.9 Å². The van der Waals surface area contributed by atoms with Crippen LogP contribution in [0.25, 0.3) is 0 Å². The van der Waals surface area contributed by atoms with E-state index in [0.717, 1.165) is 0 Å². The molecular weight excluding hydrogens is 352 g/mol. The van der Waals surface area contributed by atoms with Crippen molar-refractivity contribution in [1.82, 2.24) is 4.72 Å². The molecule has 2 rings (SSSR count). The Morgan fingerprint density at radius 3 is 2.50 bits per heavy atom. The topological polar surface area (TPSA) is 75.7 Å². The SMILES string of the molecule is COc1ccc(Cl)cc1S(=O)(=O)NCC(=O)N(C)c1ccccc1. The third-order valence-corrected chi connectivity index (χ3v) is 5.00. The summed E-state index contributed by atoms with van der Waals surface area (Å²) in [7, 11) is -1.01. The first kappa shape index (κ1) is 18.3. The van der Waals surface area contributed by atoms with Crippen molar-refractivity contribution >= 4 is 33.2 Å². The van der Waals surface area contributed by atoms with Gasteiger partial charge in [-0.05, 0) is 30.3 Å². The smallest absolute Gasteiger partial charge is 0.244 e. The summed E-state index contributed by atoms with van der Waals surface area (Å²) in [5.41, 5.74) is 0.669. The Bertz CT molecular complexity index is 825. The van der Waals surface area contributed by atoms with E-state index in [4.69, 9.17) is 16.3 Å². The Kier molecular flexibility index (Phi) is 5.82. The molecule has 0 bridgehead atoms. The van der Waals surface area contributed by atoms with Gasteiger partial charge in [-0.3, -0.25) is 4.79 Å². The predicted octanol–water partition coefficient (Wildman–Crippen LogP) is 2.29. The molecule has 0 saturated heterocycles. The van der Waals surface area contributed by atoms with Crippen molar-refractivity contribution in [3.8, 4) is 5.75 Å². The summed E-state index contributed by atoms with van der Waals surface area (Å²) in [6.07, 6.45) is 0. The lowest BCUT2D eigenvalue weighted by molar-refractivity contribution is -0.117. The summed E-state index contributed by atoms with van der Waals surface area (Å²) in [5, 5.41) is 0.254. The number of nitrogens with zero attached hydrogens (tertiary/aromatic N) is 1. The minimum absolute atomic E-state index is 0.118. The van der Waals surface area contributed by atoms with Crippen molar-refractivity contribution in [3.63, 3.8) is 0 Å². The number of methoxy groups -OCH3 is 1. The van der Waals surface area contributed by atoms with Crippen LogP contribution in [0.1, 0.15) is 0 Å². The van der Waals surface area contributed by atoms with Crippen LogP contribution < -0.4 is 14.4 Å². The standard InChI is InChI=1S/C16H17ClN2O4S/c1-19(13-6-4-3-5-7-13)16(20)11-18-24(21,22)15-10-12(17)8-9-14(15)23-2/h3-10,18H,11H2,1-2H3. The van der Waals surface area contributed by atoms with Gasteiger partial charge in [0.1, 0.15) is 10.6 Å². The number of halogens is 1. The van der Waals surface area contributed by atoms with Crippen molar-refractivity contribution < 1.29 is 17.9 Å². The maximum Gasteiger partial charge on any atom is 0.244 e. The Morgan fingerprint density at radius 1 is 1.21 bits per heavy atom. The van der Waals surface area contributed by atoms with Crippen molar-refractivity contribution in [1.29, 1.82) is 0 Å². The summed E-state index contributed by atoms with van der Waals surface area (Å²) in [4.78, 5) is 13.4. The van der Waals surface area contributed by atoms with Crippen LogP contribution in [0, 0.1) is 0 Å². The van der Waals surface area contributed by atoms with Crippen LogP contribution in [-0.2, 0) is 14.8 Å². The number of anilines is 1. The van der Waals surface area contributed by atoms with Crippen LogP contribution in [0.2, 0.25) is 5.02 Å². The number of likely N-dealkylation sites (N-methyl/N-ethyl adjacent to an activating group) is 1. The number of rotatable bonds is 6. The molecule has 2 aromatic carbocycles. The highest BCUT2D eigenvalue weighted by Gasteiger charge is 2.22. The third-order valence-electron chi connectivity index (χ3n) is 3.35. The molecule has 0 spiro atoms. The molecule has 8 heteroatoms. The lowest BCUT2D eigenvalue weighted by atomic mass is 10.3. The number of benzene rings is 2. The zero-order chi connectivity index (χ0) is 17.7. The number of carbonyl (C=O) groups excluding carboxylic acids is 1. The summed E-state index contributed by atoms with van der Waals surface area (Å²) in [6, 6.07) is 13.2. The van der Waals surface area contributed by atoms with E-state index in [1.807, 2.05) is 6.07 Å². The van der Waals surface area contributed by atoms with Gasteiger partial charge in [0.15, 0.2) is 0 Å². The normalized spacial score (nSPS) is 11.1. The second-order valence-electron chi connectivity index (χ2n) is 4.91. The van der Waals surface area contributed by atoms with Crippen LogP contribution in [-0.4, -0.2) is 35.0 Å². The van der Waals surface area contributed by atoms with Gasteiger partial charge in [-0.2, -0.15) is 0 Å². The fraction of sp³-hybridized carbons (Fsp3) is 0.188. The Morgan fingerprint density at radius 2 is 1.88 bits per heavy atom. The monoisotopic (exact) mass is 368 g/mol. The first-order valence-corrected chi connectivity index (χ1v) is 8.86. The first-order valence-electron chi connectivity index (χ1n) is 7.00. The highest BCUT2D eigenvalue weighted by Crippen LogP contribution is 2.26. The molecule has 0 heterocycles. The molecule has 0 aliphatic heterocycles. The average Bonchev–Trinajstić information content (AvgIpc) is 2.59. The molecule has 6 nitrogen and oxygen atoms in total. The molecule has 128 valence electrons. The van der Waals surface area contributed by atoms with Gasteiger partial charge < -0.3 is 9.64 Å². The maximum absolute atomic E-state index is 12.4. The average molecular weight is 369 g/mol. The molecule has 0 aliphatic carbocycles. The lowest BCUT2D eigenvalue weighted by Gasteiger charge is -2.18. The van der Waals surface area contributed by atoms with Crippen LogP contribution in [0.5, 0.6) is 5.75 Å². The molecular formula is C16H17ClN2O4S. The van der Waals surface area contributed by atoms with Crippen LogP contribution in [0.3, 0.4) is 0 Å². The molecule has 0 aliphatic rings. The van der Waals surface area contributed by atoms with E-state index in [1.165, 1.54) is 30.2 Å². The number of sulfonamides is 1. The Labute approximate surface area is 146 Å². The van der Waals surface area contributed by atoms with Crippen LogP contribution >= 0.6 is 11.6 Å². The summed E-state index contributed by atoms with van der Waals surface area (Å²) in [5.74, 6) is -0.249. The second-order valence-corrected chi connectivity index (χ2v) is 7.08. The van der Waals surface area contributed by atoms with Crippen LogP contribution in [0.4, 0.5) is 5.69 Å². The van der Waals surface area contributed by atoms with Gasteiger partial charge in [0, 0.05) is 17.8 Å². The fourth-order valence-electron chi connectivity index (χ4n) is 2.01. The van der Waals surface area contributed by atoms with Crippen molar-refractivity contribution in [3.05, 3.63) is 53.6 Å². The molecule has 0 radical (unpaired) electrons. The zero-order valence-electron chi connectivity index (χ0n) is 13.2. The molecule has 0 aromatic heterocycles. The first-order chi connectivity index (χ1) is 11.3. The van der Waals surface area contributed by atoms with Gasteiger partial charge in [-0.15, -0.1) is 0 Å². The third kappa shape index (κ3) is 4.25. The molecule has 0 saturated carbocycles. The molecule has 0 fully saturated rings. The van der Waals surface area contributed by atoms with E-state index in [2.05, 4.69) is 4.72 Å². The maximum atomic E-state index is 12.4. The van der Waals surface area contributed by atoms with E-state index in [0.29, 0.717) is 5.69 Å². The van der Waals surface area contributed by atoms with E-state index in [9.17, 15) is 13.2 Å². The second kappa shape index (κ2) is 7.65. The number of hydrogen-bond donors (Lipinski definition) is 1. The minimum Gasteiger partial charge on any atom is -0.495 e. The van der Waals surface area contributed by atoms with Crippen molar-refractivity contribution in [2.45, 2.75) is 4.90 Å². The quantitative estimate of drug-likeness (QED) is 0.848. The molecule has 0 atom stereocenters. The largest absolute Gasteiger partial charge is 0.495 e. The number of para-hydroxylation sites is 1. The number of ether oxygens (including phenoxy) is 1. The van der Waals surface area contributed by atoms with Gasteiger partial charge in [-0.1, -0.05) is 29.8 Å². The number of nitrogens with one attached hydrogen (secondary N) is 1. The molecule has 0 unspecified atom stereocenters. The minimum atomic E-state index is -3.94. The van der Waals surface area contributed by atoms with Gasteiger partial charge in [0.2, 0.25) is 15.9 Å². The van der Waals surface area contributed by atoms with Gasteiger partial charge in [0.05, 0.1) is 13.7 Å². The van der Waals surface area contributed by atoms with Crippen molar-refractivity contribution in [2.75, 3.05) is 25.6 Å². The lowest BCUT2D eigenvalue weighted by Crippen LogP contribution is -2.38.